The molecule has 2 fully saturated rings. The van der Waals surface area contributed by atoms with Gasteiger partial charge in [0.2, 0.25) is 0 Å². The fourth-order valence-corrected chi connectivity index (χ4v) is 8.35. The molecule has 0 aromatic heterocycles. The van der Waals surface area contributed by atoms with Crippen LogP contribution in [0.25, 0.3) is 0 Å². The van der Waals surface area contributed by atoms with Gasteiger partial charge in [-0.25, -0.2) is 5.01 Å². The number of hydrogen-bond donors (Lipinski definition) is 0. The molecule has 1 aliphatic heterocycles. The number of imide groups is 1. The maximum atomic E-state index is 13.9. The van der Waals surface area contributed by atoms with Gasteiger partial charge in [-0.05, 0) is 12.1 Å². The van der Waals surface area contributed by atoms with Gasteiger partial charge in [-0.1, -0.05) is 88.3 Å². The van der Waals surface area contributed by atoms with Crippen LogP contribution in [-0.2, 0) is 16.1 Å². The molecule has 2 bridgehead atoms. The molecule has 0 spiro atoms. The van der Waals surface area contributed by atoms with Crippen LogP contribution in [0.2, 0.25) is 5.02 Å². The average molecular weight is 659 g/mol. The highest BCUT2D eigenvalue weighted by Crippen LogP contribution is 2.77. The summed E-state index contributed by atoms with van der Waals surface area (Å²) in [6.45, 7) is -0.565. The summed E-state index contributed by atoms with van der Waals surface area (Å²) in [5, 5.41) is 12.4. The van der Waals surface area contributed by atoms with Crippen molar-refractivity contribution in [1.29, 1.82) is 0 Å². The van der Waals surface area contributed by atoms with E-state index in [1.54, 1.807) is 6.07 Å². The average Bonchev–Trinajstić information content (AvgIpc) is 3.26. The number of nitrogens with zero attached hydrogens (tertiary/aromatic N) is 3. The molecule has 2 aliphatic carbocycles. The van der Waals surface area contributed by atoms with Crippen molar-refractivity contribution in [3.05, 3.63) is 84.9 Å². The number of fused-ring (bicyclic) bond motifs is 5. The van der Waals surface area contributed by atoms with Crippen LogP contribution < -0.4 is 0 Å². The van der Waals surface area contributed by atoms with Gasteiger partial charge in [-0.3, -0.25) is 24.5 Å². The number of hydrazine groups is 1. The van der Waals surface area contributed by atoms with Crippen molar-refractivity contribution in [2.75, 3.05) is 0 Å². The molecule has 4 atom stereocenters. The Morgan fingerprint density at radius 1 is 0.895 bits per heavy atom. The van der Waals surface area contributed by atoms with Crippen LogP contribution >= 0.6 is 81.2 Å². The van der Waals surface area contributed by atoms with E-state index in [-0.39, 0.29) is 31.9 Å². The molecule has 3 aliphatic rings. The van der Waals surface area contributed by atoms with E-state index >= 15 is 0 Å². The summed E-state index contributed by atoms with van der Waals surface area (Å²) in [5.41, 5.74) is -0.398. The number of carbonyl (C=O) groups excluding carboxylic acids is 3. The molecule has 1 saturated carbocycles. The van der Waals surface area contributed by atoms with E-state index in [2.05, 4.69) is 0 Å². The summed E-state index contributed by atoms with van der Waals surface area (Å²) in [6.07, 6.45) is 0. The van der Waals surface area contributed by atoms with E-state index < -0.39 is 55.1 Å². The van der Waals surface area contributed by atoms with E-state index in [0.29, 0.717) is 5.01 Å². The number of allylic oxidation sites excluding steroid dienone is 2. The quantitative estimate of drug-likeness (QED) is 0.164. The van der Waals surface area contributed by atoms with Crippen molar-refractivity contribution < 1.29 is 19.3 Å². The SMILES string of the molecule is O=C(c1ccccc1Cl)N(Cc1ccccc1[N+](=O)[O-])N1C(=O)[C@@H]2[C@H](C1=O)[C@@]1(Cl)C(Cl)=C(Cl)[C@@]2(Cl)C1(Cl)Cl. The number of rotatable bonds is 5. The molecule has 8 nitrogen and oxygen atoms in total. The van der Waals surface area contributed by atoms with Crippen molar-refractivity contribution >= 4 is 105 Å². The summed E-state index contributed by atoms with van der Waals surface area (Å²) < 4.78 is -2.17. The third kappa shape index (κ3) is 3.35. The van der Waals surface area contributed by atoms with E-state index in [9.17, 15) is 24.5 Å². The van der Waals surface area contributed by atoms with Crippen molar-refractivity contribution in [3.63, 3.8) is 0 Å². The van der Waals surface area contributed by atoms with Crippen molar-refractivity contribution in [3.8, 4) is 0 Å². The zero-order valence-electron chi connectivity index (χ0n) is 18.5. The van der Waals surface area contributed by atoms with Gasteiger partial charge in [0.1, 0.15) is 9.75 Å². The van der Waals surface area contributed by atoms with Gasteiger partial charge in [0.25, 0.3) is 23.4 Å². The number of halogens is 7. The number of hydrogen-bond acceptors (Lipinski definition) is 5. The molecule has 5 rings (SSSR count). The first-order valence-corrected chi connectivity index (χ1v) is 13.4. The first-order valence-electron chi connectivity index (χ1n) is 10.7. The summed E-state index contributed by atoms with van der Waals surface area (Å²) in [5.74, 6) is -5.91. The highest BCUT2D eigenvalue weighted by molar-refractivity contribution is 6.66. The number of amides is 3. The fourth-order valence-electron chi connectivity index (χ4n) is 5.21. The molecule has 1 saturated heterocycles. The maximum Gasteiger partial charge on any atom is 0.274 e. The number of para-hydroxylation sites is 1. The van der Waals surface area contributed by atoms with Crippen LogP contribution in [0.4, 0.5) is 5.69 Å². The van der Waals surface area contributed by atoms with Gasteiger partial charge in [-0.2, -0.15) is 5.01 Å². The lowest BCUT2D eigenvalue weighted by molar-refractivity contribution is -0.385. The van der Waals surface area contributed by atoms with Crippen LogP contribution in [0.15, 0.2) is 58.6 Å². The lowest BCUT2D eigenvalue weighted by Gasteiger charge is -2.37. The molecule has 15 heteroatoms. The minimum atomic E-state index is -2.17. The minimum absolute atomic E-state index is 0.0142. The van der Waals surface area contributed by atoms with Gasteiger partial charge in [-0.15, -0.1) is 23.2 Å². The Balaban J connectivity index is 1.66. The van der Waals surface area contributed by atoms with Crippen LogP contribution in [0.5, 0.6) is 0 Å². The first-order chi connectivity index (χ1) is 17.7. The van der Waals surface area contributed by atoms with Crippen molar-refractivity contribution in [1.82, 2.24) is 10.0 Å². The standard InChI is InChI=1S/C23H12Cl7N3O5/c24-12-7-3-2-6-11(12)18(34)31(9-10-5-1-4-8-13(10)33(37)38)32-19(35)14-15(20(32)36)22(28)17(26)16(25)21(14,27)23(22,29)30/h1-8,14-15H,9H2/t14-,15+,21-,22-/m1/s1. The van der Waals surface area contributed by atoms with Crippen LogP contribution in [0.3, 0.4) is 0 Å². The summed E-state index contributed by atoms with van der Waals surface area (Å²) >= 11 is 45.5. The number of alkyl halides is 4. The predicted octanol–water partition coefficient (Wildman–Crippen LogP) is 6.25. The Bertz CT molecular complexity index is 1440. The van der Waals surface area contributed by atoms with E-state index in [1.165, 1.54) is 42.5 Å². The molecule has 0 radical (unpaired) electrons. The molecule has 2 aromatic carbocycles. The topological polar surface area (TPSA) is 101 Å². The van der Waals surface area contributed by atoms with Gasteiger partial charge in [0.05, 0.1) is 49.5 Å². The zero-order valence-corrected chi connectivity index (χ0v) is 23.8. The van der Waals surface area contributed by atoms with Crippen molar-refractivity contribution in [2.24, 2.45) is 11.8 Å². The normalized spacial score (nSPS) is 29.2. The van der Waals surface area contributed by atoms with Crippen LogP contribution in [0.1, 0.15) is 15.9 Å². The third-order valence-electron chi connectivity index (χ3n) is 6.97. The number of carbonyl (C=O) groups is 3. The Morgan fingerprint density at radius 2 is 1.39 bits per heavy atom. The van der Waals surface area contributed by atoms with Crippen molar-refractivity contribution in [2.45, 2.75) is 20.6 Å². The largest absolute Gasteiger partial charge is 0.274 e. The summed E-state index contributed by atoms with van der Waals surface area (Å²) in [4.78, 5) is 48.4. The molecule has 1 heterocycles. The lowest BCUT2D eigenvalue weighted by Crippen LogP contribution is -2.55. The molecular weight excluding hydrogens is 646 g/mol. The Labute approximate surface area is 250 Å². The first kappa shape index (κ1) is 27.8. The smallest absolute Gasteiger partial charge is 0.272 e. The third-order valence-corrected chi connectivity index (χ3v) is 11.6. The predicted molar refractivity (Wildman–Crippen MR) is 144 cm³/mol. The highest BCUT2D eigenvalue weighted by Gasteiger charge is 2.88. The van der Waals surface area contributed by atoms with Gasteiger partial charge < -0.3 is 0 Å². The van der Waals surface area contributed by atoms with Gasteiger partial charge in [0, 0.05) is 6.07 Å². The Morgan fingerprint density at radius 3 is 1.92 bits per heavy atom. The lowest BCUT2D eigenvalue weighted by atomic mass is 9.84. The van der Waals surface area contributed by atoms with Gasteiger partial charge >= 0.3 is 0 Å². The molecule has 0 N–H and O–H groups in total. The second-order valence-corrected chi connectivity index (χ2v) is 12.5. The highest BCUT2D eigenvalue weighted by atomic mass is 35.5. The van der Waals surface area contributed by atoms with Crippen LogP contribution in [0, 0.1) is 22.0 Å². The van der Waals surface area contributed by atoms with E-state index in [1.807, 2.05) is 0 Å². The Hall–Kier alpha value is -1.78. The number of benzene rings is 2. The maximum absolute atomic E-state index is 13.9. The minimum Gasteiger partial charge on any atom is -0.272 e. The second kappa shape index (κ2) is 9.13. The number of nitro benzene ring substituents is 1. The zero-order chi connectivity index (χ0) is 27.9. The molecule has 2 aromatic rings. The molecular formula is C23H12Cl7N3O5. The second-order valence-electron chi connectivity index (χ2n) is 8.80. The summed E-state index contributed by atoms with van der Waals surface area (Å²) in [7, 11) is 0. The molecule has 198 valence electrons. The molecule has 3 amide bonds. The van der Waals surface area contributed by atoms with E-state index in [0.717, 1.165) is 5.01 Å². The molecule has 0 unspecified atom stereocenters. The number of nitro groups is 1. The fraction of sp³-hybridized carbons (Fsp3) is 0.261. The monoisotopic (exact) mass is 655 g/mol. The van der Waals surface area contributed by atoms with Gasteiger partial charge in [0.15, 0.2) is 4.33 Å². The molecule has 38 heavy (non-hydrogen) atoms. The van der Waals surface area contributed by atoms with E-state index in [4.69, 9.17) is 81.2 Å². The Kier molecular flexibility index (Phi) is 6.67. The summed E-state index contributed by atoms with van der Waals surface area (Å²) in [6, 6.07) is 11.4. The van der Waals surface area contributed by atoms with Crippen LogP contribution in [-0.4, -0.2) is 46.7 Å².